The minimum absolute atomic E-state index is 0.0275. The molecule has 1 fully saturated rings. The Balaban J connectivity index is 1.60. The number of nitrogens with zero attached hydrogens (tertiary/aromatic N) is 2. The van der Waals surface area contributed by atoms with Gasteiger partial charge in [-0.15, -0.1) is 0 Å². The SMILES string of the molecule is NCc1ccc(C(=O)N2CCN(C(=O)c3ccc(O)cc3)CC2)cc1. The van der Waals surface area contributed by atoms with E-state index in [4.69, 9.17) is 5.73 Å². The lowest BCUT2D eigenvalue weighted by Gasteiger charge is -2.35. The molecule has 0 bridgehead atoms. The number of benzene rings is 2. The second-order valence-corrected chi connectivity index (χ2v) is 6.03. The van der Waals surface area contributed by atoms with E-state index in [2.05, 4.69) is 0 Å². The summed E-state index contributed by atoms with van der Waals surface area (Å²) in [6, 6.07) is 13.5. The zero-order valence-electron chi connectivity index (χ0n) is 13.9. The summed E-state index contributed by atoms with van der Waals surface area (Å²) in [6.07, 6.45) is 0. The summed E-state index contributed by atoms with van der Waals surface area (Å²) in [6.45, 7) is 2.44. The van der Waals surface area contributed by atoms with Gasteiger partial charge in [0.25, 0.3) is 11.8 Å². The van der Waals surface area contributed by atoms with Crippen molar-refractivity contribution in [3.05, 3.63) is 65.2 Å². The molecular weight excluding hydrogens is 318 g/mol. The average molecular weight is 339 g/mol. The summed E-state index contributed by atoms with van der Waals surface area (Å²) in [4.78, 5) is 28.5. The number of phenolic OH excluding ortho intramolecular Hbond substituents is 1. The molecule has 2 amide bonds. The van der Waals surface area contributed by atoms with Crippen molar-refractivity contribution in [2.75, 3.05) is 26.2 Å². The van der Waals surface area contributed by atoms with Gasteiger partial charge in [0, 0.05) is 43.9 Å². The normalized spacial score (nSPS) is 14.4. The van der Waals surface area contributed by atoms with Gasteiger partial charge in [0.2, 0.25) is 0 Å². The Morgan fingerprint density at radius 2 is 1.20 bits per heavy atom. The van der Waals surface area contributed by atoms with Crippen LogP contribution >= 0.6 is 0 Å². The summed E-state index contributed by atoms with van der Waals surface area (Å²) >= 11 is 0. The van der Waals surface area contributed by atoms with Crippen LogP contribution in [-0.4, -0.2) is 52.9 Å². The van der Waals surface area contributed by atoms with Crippen LogP contribution in [0.1, 0.15) is 26.3 Å². The Morgan fingerprint density at radius 3 is 1.60 bits per heavy atom. The van der Waals surface area contributed by atoms with Gasteiger partial charge in [-0.3, -0.25) is 9.59 Å². The van der Waals surface area contributed by atoms with E-state index in [0.717, 1.165) is 5.56 Å². The fraction of sp³-hybridized carbons (Fsp3) is 0.263. The van der Waals surface area contributed by atoms with Gasteiger partial charge in [-0.2, -0.15) is 0 Å². The molecule has 3 rings (SSSR count). The largest absolute Gasteiger partial charge is 0.508 e. The van der Waals surface area contributed by atoms with Crippen LogP contribution in [0.15, 0.2) is 48.5 Å². The molecule has 25 heavy (non-hydrogen) atoms. The highest BCUT2D eigenvalue weighted by Crippen LogP contribution is 2.15. The van der Waals surface area contributed by atoms with E-state index in [1.54, 1.807) is 34.1 Å². The molecule has 0 spiro atoms. The summed E-state index contributed by atoms with van der Waals surface area (Å²) in [5.74, 6) is 0.0207. The van der Waals surface area contributed by atoms with Crippen molar-refractivity contribution in [3.63, 3.8) is 0 Å². The van der Waals surface area contributed by atoms with Gasteiger partial charge in [-0.1, -0.05) is 12.1 Å². The number of hydrogen-bond acceptors (Lipinski definition) is 4. The first-order valence-electron chi connectivity index (χ1n) is 8.25. The number of carbonyl (C=O) groups is 2. The van der Waals surface area contributed by atoms with E-state index >= 15 is 0 Å². The minimum atomic E-state index is -0.0839. The number of amides is 2. The zero-order valence-corrected chi connectivity index (χ0v) is 13.9. The third-order valence-electron chi connectivity index (χ3n) is 4.40. The van der Waals surface area contributed by atoms with E-state index < -0.39 is 0 Å². The maximum Gasteiger partial charge on any atom is 0.253 e. The second kappa shape index (κ2) is 7.36. The molecule has 0 aliphatic carbocycles. The maximum absolute atomic E-state index is 12.5. The number of nitrogens with two attached hydrogens (primary N) is 1. The lowest BCUT2D eigenvalue weighted by Crippen LogP contribution is -2.50. The molecule has 2 aromatic carbocycles. The maximum atomic E-state index is 12.5. The van der Waals surface area contributed by atoms with Crippen LogP contribution in [0.3, 0.4) is 0 Å². The molecular formula is C19H21N3O3. The molecule has 1 aliphatic rings. The molecule has 0 aromatic heterocycles. The van der Waals surface area contributed by atoms with Crippen LogP contribution in [0.2, 0.25) is 0 Å². The molecule has 1 saturated heterocycles. The van der Waals surface area contributed by atoms with Crippen LogP contribution in [0.25, 0.3) is 0 Å². The van der Waals surface area contributed by atoms with E-state index in [0.29, 0.717) is 43.9 Å². The average Bonchev–Trinajstić information content (AvgIpc) is 2.67. The first-order chi connectivity index (χ1) is 12.1. The van der Waals surface area contributed by atoms with E-state index in [1.807, 2.05) is 12.1 Å². The first kappa shape index (κ1) is 17.0. The van der Waals surface area contributed by atoms with Crippen molar-refractivity contribution in [2.24, 2.45) is 5.73 Å². The fourth-order valence-corrected chi connectivity index (χ4v) is 2.87. The van der Waals surface area contributed by atoms with Gasteiger partial charge in [0.15, 0.2) is 0 Å². The Morgan fingerprint density at radius 1 is 0.800 bits per heavy atom. The number of phenols is 1. The summed E-state index contributed by atoms with van der Waals surface area (Å²) in [5.41, 5.74) is 7.73. The quantitative estimate of drug-likeness (QED) is 0.886. The summed E-state index contributed by atoms with van der Waals surface area (Å²) in [7, 11) is 0. The predicted molar refractivity (Wildman–Crippen MR) is 94.2 cm³/mol. The summed E-state index contributed by atoms with van der Waals surface area (Å²) < 4.78 is 0. The van der Waals surface area contributed by atoms with Crippen molar-refractivity contribution in [2.45, 2.75) is 6.54 Å². The molecule has 6 nitrogen and oxygen atoms in total. The van der Waals surface area contributed by atoms with Crippen LogP contribution in [0.5, 0.6) is 5.75 Å². The Labute approximate surface area is 146 Å². The van der Waals surface area contributed by atoms with Gasteiger partial charge in [-0.25, -0.2) is 0 Å². The molecule has 0 saturated carbocycles. The van der Waals surface area contributed by atoms with Crippen molar-refractivity contribution in [1.29, 1.82) is 0 Å². The lowest BCUT2D eigenvalue weighted by atomic mass is 10.1. The molecule has 0 unspecified atom stereocenters. The third kappa shape index (κ3) is 3.80. The molecule has 130 valence electrons. The van der Waals surface area contributed by atoms with Gasteiger partial charge in [0.05, 0.1) is 0 Å². The fourth-order valence-electron chi connectivity index (χ4n) is 2.87. The van der Waals surface area contributed by atoms with Crippen molar-refractivity contribution in [1.82, 2.24) is 9.80 Å². The van der Waals surface area contributed by atoms with E-state index in [-0.39, 0.29) is 17.6 Å². The molecule has 1 aliphatic heterocycles. The monoisotopic (exact) mass is 339 g/mol. The van der Waals surface area contributed by atoms with Gasteiger partial charge in [-0.05, 0) is 42.0 Å². The first-order valence-corrected chi connectivity index (χ1v) is 8.25. The van der Waals surface area contributed by atoms with Gasteiger partial charge >= 0.3 is 0 Å². The predicted octanol–water partition coefficient (Wildman–Crippen LogP) is 1.45. The van der Waals surface area contributed by atoms with Gasteiger partial charge in [0.1, 0.15) is 5.75 Å². The Kier molecular flexibility index (Phi) is 5.00. The number of carbonyl (C=O) groups excluding carboxylic acids is 2. The molecule has 0 radical (unpaired) electrons. The highest BCUT2D eigenvalue weighted by Gasteiger charge is 2.25. The van der Waals surface area contributed by atoms with Crippen LogP contribution in [0.4, 0.5) is 0 Å². The topological polar surface area (TPSA) is 86.9 Å². The lowest BCUT2D eigenvalue weighted by molar-refractivity contribution is 0.0535. The highest BCUT2D eigenvalue weighted by molar-refractivity contribution is 5.96. The number of piperazine rings is 1. The Bertz CT molecular complexity index is 748. The smallest absolute Gasteiger partial charge is 0.253 e. The second-order valence-electron chi connectivity index (χ2n) is 6.03. The Hall–Kier alpha value is -2.86. The number of aromatic hydroxyl groups is 1. The highest BCUT2D eigenvalue weighted by atomic mass is 16.3. The van der Waals surface area contributed by atoms with Gasteiger partial charge < -0.3 is 20.6 Å². The van der Waals surface area contributed by atoms with Crippen LogP contribution in [-0.2, 0) is 6.54 Å². The van der Waals surface area contributed by atoms with E-state index in [1.165, 1.54) is 12.1 Å². The number of hydrogen-bond donors (Lipinski definition) is 2. The van der Waals surface area contributed by atoms with E-state index in [9.17, 15) is 14.7 Å². The van der Waals surface area contributed by atoms with Crippen molar-refractivity contribution in [3.8, 4) is 5.75 Å². The molecule has 6 heteroatoms. The summed E-state index contributed by atoms with van der Waals surface area (Å²) in [5, 5.41) is 9.31. The van der Waals surface area contributed by atoms with Crippen molar-refractivity contribution < 1.29 is 14.7 Å². The molecule has 2 aromatic rings. The third-order valence-corrected chi connectivity index (χ3v) is 4.40. The standard InChI is InChI=1S/C19H21N3O3/c20-13-14-1-3-15(4-2-14)18(24)21-9-11-22(12-10-21)19(25)16-5-7-17(23)8-6-16/h1-8,23H,9-13,20H2. The molecule has 1 heterocycles. The van der Waals surface area contributed by atoms with Crippen LogP contribution < -0.4 is 5.73 Å². The van der Waals surface area contributed by atoms with Crippen molar-refractivity contribution >= 4 is 11.8 Å². The zero-order chi connectivity index (χ0) is 17.8. The number of rotatable bonds is 3. The minimum Gasteiger partial charge on any atom is -0.508 e. The van der Waals surface area contributed by atoms with Crippen LogP contribution in [0, 0.1) is 0 Å². The molecule has 3 N–H and O–H groups in total. The molecule has 0 atom stereocenters.